The molecule has 2 heterocycles. The molecule has 13 heteroatoms. The molecule has 1 fully saturated rings. The summed E-state index contributed by atoms with van der Waals surface area (Å²) in [4.78, 5) is 37.1. The zero-order valence-corrected chi connectivity index (χ0v) is 24.1. The Morgan fingerprint density at radius 2 is 1.81 bits per heavy atom. The van der Waals surface area contributed by atoms with Crippen LogP contribution < -0.4 is 22.1 Å². The number of anilines is 2. The second kappa shape index (κ2) is 13.5. The molecule has 2 aromatic heterocycles. The van der Waals surface area contributed by atoms with Gasteiger partial charge in [0.2, 0.25) is 17.8 Å². The van der Waals surface area contributed by atoms with Crippen LogP contribution in [0.2, 0.25) is 0 Å². The Morgan fingerprint density at radius 3 is 2.43 bits per heavy atom. The number of hydrogen-bond acceptors (Lipinski definition) is 9. The number of halogens is 1. The van der Waals surface area contributed by atoms with Crippen molar-refractivity contribution in [3.63, 3.8) is 0 Å². The highest BCUT2D eigenvalue weighted by Gasteiger charge is 2.36. The van der Waals surface area contributed by atoms with Gasteiger partial charge in [-0.25, -0.2) is 15.1 Å². The number of nitrogens with zero attached hydrogens (tertiary/aromatic N) is 6. The van der Waals surface area contributed by atoms with E-state index in [9.17, 15) is 9.59 Å². The van der Waals surface area contributed by atoms with Crippen LogP contribution in [0.25, 0.3) is 22.5 Å². The molecule has 1 saturated carbocycles. The van der Waals surface area contributed by atoms with Gasteiger partial charge in [-0.2, -0.15) is 0 Å². The number of hydrogen-bond donors (Lipinski definition) is 4. The fourth-order valence-corrected chi connectivity index (χ4v) is 5.54. The number of nitrogens with one attached hydrogen (secondary N) is 1. The highest BCUT2D eigenvalue weighted by atomic mass is 35.5. The van der Waals surface area contributed by atoms with Gasteiger partial charge in [0.1, 0.15) is 6.04 Å². The quantitative estimate of drug-likeness (QED) is 0.226. The van der Waals surface area contributed by atoms with E-state index in [2.05, 4.69) is 30.6 Å². The highest BCUT2D eigenvalue weighted by Crippen LogP contribution is 2.33. The summed E-state index contributed by atoms with van der Waals surface area (Å²) in [7, 11) is 0. The first-order valence-electron chi connectivity index (χ1n) is 13.7. The van der Waals surface area contributed by atoms with Gasteiger partial charge in [0.15, 0.2) is 5.82 Å². The van der Waals surface area contributed by atoms with Crippen molar-refractivity contribution in [3.05, 3.63) is 66.0 Å². The average Bonchev–Trinajstić information content (AvgIpc) is 3.52. The van der Waals surface area contributed by atoms with Crippen molar-refractivity contribution in [2.45, 2.75) is 45.1 Å². The first-order chi connectivity index (χ1) is 19.8. The predicted molar refractivity (Wildman–Crippen MR) is 162 cm³/mol. The Labute approximate surface area is 249 Å². The standard InChI is InChI=1S/C29H34N10O2.ClH/c1-17-24(16-33-29(32)34-17)22-4-2-3-19(13-22)14-25(26(31)40)39(28(41)21-7-5-18(15-30)6-8-21)23-11-9-20(10-12-23)27-35-37-38-36-27;/h2-4,9-13,16,18,21,25H,5-8,14-15,30H2,1H3,(H2,31,40)(H2,32,33,34)(H,35,36,37,38);1H/t18-,21-,25-;/m0./s1. The highest BCUT2D eigenvalue weighted by molar-refractivity contribution is 6.01. The number of tetrazole rings is 1. The van der Waals surface area contributed by atoms with Gasteiger partial charge < -0.3 is 17.2 Å². The molecule has 0 saturated heterocycles. The van der Waals surface area contributed by atoms with Crippen molar-refractivity contribution >= 4 is 35.9 Å². The van der Waals surface area contributed by atoms with Gasteiger partial charge in [-0.05, 0) is 90.9 Å². The molecule has 1 atom stereocenters. The molecule has 0 aliphatic heterocycles. The summed E-state index contributed by atoms with van der Waals surface area (Å²) in [6.07, 6.45) is 5.11. The lowest BCUT2D eigenvalue weighted by molar-refractivity contribution is -0.127. The molecule has 0 bridgehead atoms. The van der Waals surface area contributed by atoms with E-state index in [1.54, 1.807) is 23.2 Å². The van der Waals surface area contributed by atoms with Gasteiger partial charge in [0.05, 0.1) is 5.69 Å². The largest absolute Gasteiger partial charge is 0.368 e. The minimum atomic E-state index is -0.911. The first-order valence-corrected chi connectivity index (χ1v) is 13.7. The van der Waals surface area contributed by atoms with Crippen LogP contribution in [0.3, 0.4) is 0 Å². The van der Waals surface area contributed by atoms with Crippen LogP contribution >= 0.6 is 12.4 Å². The average molecular weight is 591 g/mol. The smallest absolute Gasteiger partial charge is 0.240 e. The van der Waals surface area contributed by atoms with Crippen molar-refractivity contribution in [1.29, 1.82) is 0 Å². The third kappa shape index (κ3) is 6.72. The summed E-state index contributed by atoms with van der Waals surface area (Å²) < 4.78 is 0. The lowest BCUT2D eigenvalue weighted by Gasteiger charge is -2.35. The van der Waals surface area contributed by atoms with E-state index in [-0.39, 0.29) is 36.6 Å². The molecule has 2 aromatic carbocycles. The van der Waals surface area contributed by atoms with Gasteiger partial charge in [-0.1, -0.05) is 24.3 Å². The molecule has 42 heavy (non-hydrogen) atoms. The van der Waals surface area contributed by atoms with Crippen molar-refractivity contribution in [2.75, 3.05) is 17.2 Å². The van der Waals surface area contributed by atoms with E-state index in [4.69, 9.17) is 17.2 Å². The number of amides is 2. The maximum atomic E-state index is 14.1. The van der Waals surface area contributed by atoms with Gasteiger partial charge >= 0.3 is 0 Å². The monoisotopic (exact) mass is 590 g/mol. The number of carbonyl (C=O) groups is 2. The van der Waals surface area contributed by atoms with Crippen molar-refractivity contribution in [2.24, 2.45) is 23.3 Å². The maximum absolute atomic E-state index is 14.1. The Balaban J connectivity index is 0.00000405. The van der Waals surface area contributed by atoms with Crippen LogP contribution in [0.15, 0.2) is 54.7 Å². The van der Waals surface area contributed by atoms with E-state index in [0.717, 1.165) is 53.6 Å². The van der Waals surface area contributed by atoms with E-state index < -0.39 is 11.9 Å². The molecule has 0 radical (unpaired) electrons. The molecule has 4 aromatic rings. The summed E-state index contributed by atoms with van der Waals surface area (Å²) in [6, 6.07) is 14.0. The first kappa shape index (κ1) is 30.5. The zero-order valence-electron chi connectivity index (χ0n) is 23.3. The van der Waals surface area contributed by atoms with Gasteiger partial charge in [0, 0.05) is 35.3 Å². The van der Waals surface area contributed by atoms with E-state index in [0.29, 0.717) is 24.0 Å². The molecule has 0 spiro atoms. The molecule has 12 nitrogen and oxygen atoms in total. The van der Waals surface area contributed by atoms with Crippen LogP contribution in [-0.4, -0.2) is 55.0 Å². The predicted octanol–water partition coefficient (Wildman–Crippen LogP) is 2.83. The minimum absolute atomic E-state index is 0. The topological polar surface area (TPSA) is 196 Å². The SMILES string of the molecule is Cc1nc(N)ncc1-c1cccc(C[C@@H](C(N)=O)N(c2ccc(-c3nnn[nH]3)cc2)C(=O)[C@H]2CC[C@H](CN)CC2)c1.Cl. The number of aromatic nitrogens is 6. The van der Waals surface area contributed by atoms with Crippen LogP contribution in [0.1, 0.15) is 36.9 Å². The van der Waals surface area contributed by atoms with Crippen LogP contribution in [0.4, 0.5) is 11.6 Å². The number of aryl methyl sites for hydroxylation is 1. The normalized spacial score (nSPS) is 17.2. The van der Waals surface area contributed by atoms with E-state index in [1.165, 1.54) is 0 Å². The number of nitrogen functional groups attached to an aromatic ring is 1. The molecule has 1 aliphatic carbocycles. The third-order valence-electron chi connectivity index (χ3n) is 7.84. The van der Waals surface area contributed by atoms with E-state index in [1.807, 2.05) is 43.3 Å². The second-order valence-corrected chi connectivity index (χ2v) is 10.5. The maximum Gasteiger partial charge on any atom is 0.240 e. The van der Waals surface area contributed by atoms with Gasteiger partial charge in [-0.3, -0.25) is 14.5 Å². The number of carbonyl (C=O) groups excluding carboxylic acids is 2. The molecule has 220 valence electrons. The van der Waals surface area contributed by atoms with Crippen molar-refractivity contribution < 1.29 is 9.59 Å². The Kier molecular flexibility index (Phi) is 9.81. The van der Waals surface area contributed by atoms with E-state index >= 15 is 0 Å². The molecule has 0 unspecified atom stereocenters. The van der Waals surface area contributed by atoms with Crippen molar-refractivity contribution in [3.8, 4) is 22.5 Å². The fraction of sp³-hybridized carbons (Fsp3) is 0.345. The molecule has 1 aliphatic rings. The lowest BCUT2D eigenvalue weighted by atomic mass is 9.81. The summed E-state index contributed by atoms with van der Waals surface area (Å²) in [5, 5.41) is 13.9. The van der Waals surface area contributed by atoms with Gasteiger partial charge in [0.25, 0.3) is 0 Å². The zero-order chi connectivity index (χ0) is 28.9. The van der Waals surface area contributed by atoms with Crippen LogP contribution in [0.5, 0.6) is 0 Å². The van der Waals surface area contributed by atoms with Crippen LogP contribution in [-0.2, 0) is 16.0 Å². The molecular formula is C29H35ClN10O2. The summed E-state index contributed by atoms with van der Waals surface area (Å²) in [5.74, 6) is 0.194. The number of aromatic amines is 1. The molecule has 7 N–H and O–H groups in total. The summed E-state index contributed by atoms with van der Waals surface area (Å²) >= 11 is 0. The fourth-order valence-electron chi connectivity index (χ4n) is 5.54. The molecule has 5 rings (SSSR count). The van der Waals surface area contributed by atoms with Crippen LogP contribution in [0, 0.1) is 18.8 Å². The Hall–Kier alpha value is -4.42. The summed E-state index contributed by atoms with van der Waals surface area (Å²) in [6.45, 7) is 2.48. The summed E-state index contributed by atoms with van der Waals surface area (Å²) in [5.41, 5.74) is 22.3. The number of primary amides is 1. The third-order valence-corrected chi connectivity index (χ3v) is 7.84. The molecule has 2 amide bonds. The minimum Gasteiger partial charge on any atom is -0.368 e. The Bertz CT molecular complexity index is 1510. The van der Waals surface area contributed by atoms with Gasteiger partial charge in [-0.15, -0.1) is 17.5 Å². The lowest BCUT2D eigenvalue weighted by Crippen LogP contribution is -2.52. The number of nitrogens with two attached hydrogens (primary N) is 3. The van der Waals surface area contributed by atoms with Crippen molar-refractivity contribution in [1.82, 2.24) is 30.6 Å². The number of H-pyrrole nitrogens is 1. The Morgan fingerprint density at radius 1 is 1.07 bits per heavy atom. The molecular weight excluding hydrogens is 556 g/mol. The number of rotatable bonds is 9. The number of benzene rings is 2. The second-order valence-electron chi connectivity index (χ2n) is 10.5.